The summed E-state index contributed by atoms with van der Waals surface area (Å²) in [6, 6.07) is 5.01. The number of hydrogen-bond donors (Lipinski definition) is 4. The van der Waals surface area contributed by atoms with Gasteiger partial charge in [0.15, 0.2) is 0 Å². The van der Waals surface area contributed by atoms with Crippen LogP contribution in [0.5, 0.6) is 0 Å². The lowest BCUT2D eigenvalue weighted by molar-refractivity contribution is -0.125. The van der Waals surface area contributed by atoms with Gasteiger partial charge in [-0.1, -0.05) is 6.07 Å². The maximum atomic E-state index is 13.7. The number of benzene rings is 1. The average Bonchev–Trinajstić information content (AvgIpc) is 3.26. The van der Waals surface area contributed by atoms with Gasteiger partial charge in [0.25, 0.3) is 5.91 Å². The molecule has 1 aliphatic rings. The third-order valence-electron chi connectivity index (χ3n) is 4.48. The van der Waals surface area contributed by atoms with E-state index in [2.05, 4.69) is 20.9 Å². The van der Waals surface area contributed by atoms with Crippen LogP contribution >= 0.6 is 0 Å². The van der Waals surface area contributed by atoms with Gasteiger partial charge in [-0.2, -0.15) is 0 Å². The number of rotatable bonds is 7. The molecule has 1 aliphatic heterocycles. The van der Waals surface area contributed by atoms with Gasteiger partial charge >= 0.3 is 0 Å². The Hall–Kier alpha value is -3.23. The first-order valence-electron chi connectivity index (χ1n) is 8.55. The summed E-state index contributed by atoms with van der Waals surface area (Å²) < 4.78 is 13.7. The number of carbonyl (C=O) groups excluding carboxylic acids is 4. The molecular weight excluding hydrogens is 355 g/mol. The molecule has 1 fully saturated rings. The van der Waals surface area contributed by atoms with Crippen LogP contribution < -0.4 is 16.0 Å². The van der Waals surface area contributed by atoms with E-state index in [4.69, 9.17) is 0 Å². The Balaban J connectivity index is 1.52. The molecule has 0 aliphatic carbocycles. The van der Waals surface area contributed by atoms with Crippen LogP contribution in [-0.2, 0) is 14.4 Å². The fourth-order valence-corrected chi connectivity index (χ4v) is 3.08. The van der Waals surface area contributed by atoms with Crippen LogP contribution in [0.3, 0.4) is 0 Å². The van der Waals surface area contributed by atoms with E-state index in [1.807, 2.05) is 0 Å². The highest BCUT2D eigenvalue weighted by atomic mass is 19.1. The van der Waals surface area contributed by atoms with E-state index in [1.54, 1.807) is 6.07 Å². The van der Waals surface area contributed by atoms with Crippen LogP contribution in [0.15, 0.2) is 24.3 Å². The number of hydrogen-bond acceptors (Lipinski definition) is 4. The van der Waals surface area contributed by atoms with E-state index in [0.29, 0.717) is 24.8 Å². The van der Waals surface area contributed by atoms with Crippen LogP contribution in [0.1, 0.15) is 23.3 Å². The Morgan fingerprint density at radius 2 is 2.19 bits per heavy atom. The van der Waals surface area contributed by atoms with Crippen LogP contribution in [0.2, 0.25) is 0 Å². The number of fused-ring (bicyclic) bond motifs is 1. The molecule has 0 bridgehead atoms. The van der Waals surface area contributed by atoms with Crippen LogP contribution in [0.25, 0.3) is 10.9 Å². The van der Waals surface area contributed by atoms with Gasteiger partial charge in [0.2, 0.25) is 11.8 Å². The third-order valence-corrected chi connectivity index (χ3v) is 4.48. The topological polar surface area (TPSA) is 120 Å². The zero-order valence-electron chi connectivity index (χ0n) is 14.4. The van der Waals surface area contributed by atoms with E-state index in [0.717, 1.165) is 0 Å². The van der Waals surface area contributed by atoms with E-state index in [-0.39, 0.29) is 35.9 Å². The van der Waals surface area contributed by atoms with Crippen molar-refractivity contribution in [3.8, 4) is 0 Å². The maximum absolute atomic E-state index is 13.7. The van der Waals surface area contributed by atoms with Gasteiger partial charge in [-0.15, -0.1) is 0 Å². The minimum Gasteiger partial charge on any atom is -0.356 e. The van der Waals surface area contributed by atoms with Crippen LogP contribution in [-0.4, -0.2) is 48.1 Å². The molecule has 1 aromatic heterocycles. The lowest BCUT2D eigenvalue weighted by Gasteiger charge is -2.15. The summed E-state index contributed by atoms with van der Waals surface area (Å²) in [5, 5.41) is 7.85. The first-order chi connectivity index (χ1) is 13.0. The van der Waals surface area contributed by atoms with Crippen LogP contribution in [0, 0.1) is 11.7 Å². The summed E-state index contributed by atoms with van der Waals surface area (Å²) in [6.45, 7) is 0.210. The van der Waals surface area contributed by atoms with E-state index in [1.165, 1.54) is 18.2 Å². The van der Waals surface area contributed by atoms with Crippen molar-refractivity contribution in [3.05, 3.63) is 35.8 Å². The van der Waals surface area contributed by atoms with Gasteiger partial charge in [-0.05, 0) is 31.0 Å². The fourth-order valence-electron chi connectivity index (χ4n) is 3.08. The predicted octanol–water partition coefficient (Wildman–Crippen LogP) is 0.247. The van der Waals surface area contributed by atoms with Crippen molar-refractivity contribution in [2.75, 3.05) is 13.1 Å². The Morgan fingerprint density at radius 1 is 1.37 bits per heavy atom. The molecule has 142 valence electrons. The number of halogens is 1. The largest absolute Gasteiger partial charge is 0.356 e. The molecule has 2 unspecified atom stereocenters. The second-order valence-electron chi connectivity index (χ2n) is 6.39. The van der Waals surface area contributed by atoms with Gasteiger partial charge in [-0.25, -0.2) is 4.39 Å². The zero-order valence-corrected chi connectivity index (χ0v) is 14.4. The highest BCUT2D eigenvalue weighted by Crippen LogP contribution is 2.18. The predicted molar refractivity (Wildman–Crippen MR) is 94.3 cm³/mol. The number of H-pyrrole nitrogens is 1. The molecule has 1 saturated heterocycles. The number of amides is 3. The molecule has 0 spiro atoms. The molecule has 27 heavy (non-hydrogen) atoms. The fraction of sp³-hybridized carbons (Fsp3) is 0.333. The second kappa shape index (κ2) is 7.98. The number of nitrogens with one attached hydrogen (secondary N) is 4. The summed E-state index contributed by atoms with van der Waals surface area (Å²) >= 11 is 0. The lowest BCUT2D eigenvalue weighted by Crippen LogP contribution is -2.44. The summed E-state index contributed by atoms with van der Waals surface area (Å²) in [7, 11) is 0. The number of carbonyl (C=O) groups is 4. The summed E-state index contributed by atoms with van der Waals surface area (Å²) in [6.07, 6.45) is 1.41. The van der Waals surface area contributed by atoms with E-state index >= 15 is 0 Å². The normalized spacial score (nSPS) is 17.4. The molecule has 1 aromatic carbocycles. The van der Waals surface area contributed by atoms with Crippen LogP contribution in [0.4, 0.5) is 4.39 Å². The summed E-state index contributed by atoms with van der Waals surface area (Å²) in [5.41, 5.74) is 0.595. The number of aldehydes is 1. The summed E-state index contributed by atoms with van der Waals surface area (Å²) in [5.74, 6) is -2.02. The smallest absolute Gasteiger partial charge is 0.268 e. The van der Waals surface area contributed by atoms with Gasteiger partial charge in [0, 0.05) is 23.4 Å². The molecular formula is C18H19FN4O4. The lowest BCUT2D eigenvalue weighted by atomic mass is 9.99. The number of aromatic amines is 1. The van der Waals surface area contributed by atoms with Gasteiger partial charge < -0.3 is 25.7 Å². The van der Waals surface area contributed by atoms with Gasteiger partial charge in [-0.3, -0.25) is 14.4 Å². The zero-order chi connectivity index (χ0) is 19.4. The molecule has 3 rings (SSSR count). The van der Waals surface area contributed by atoms with E-state index < -0.39 is 23.7 Å². The molecule has 2 aromatic rings. The first kappa shape index (κ1) is 18.6. The highest BCUT2D eigenvalue weighted by Gasteiger charge is 2.27. The van der Waals surface area contributed by atoms with Crippen molar-refractivity contribution in [1.82, 2.24) is 20.9 Å². The summed E-state index contributed by atoms with van der Waals surface area (Å²) in [4.78, 5) is 49.6. The molecule has 0 saturated carbocycles. The Labute approximate surface area is 153 Å². The minimum atomic E-state index is -0.801. The molecule has 8 nitrogen and oxygen atoms in total. The molecule has 4 N–H and O–H groups in total. The molecule has 2 heterocycles. The van der Waals surface area contributed by atoms with Crippen molar-refractivity contribution >= 4 is 34.9 Å². The standard InChI is InChI=1S/C18H19FN4O4/c19-13-2-1-3-14-12(13)7-15(23-14)18(27)21-8-16(25)22-11(9-24)6-10-4-5-20-17(10)26/h1-3,7,9-11,23H,4-6,8H2,(H,20,26)(H,21,27)(H,22,25). The quantitative estimate of drug-likeness (QED) is 0.519. The monoisotopic (exact) mass is 374 g/mol. The Morgan fingerprint density at radius 3 is 2.85 bits per heavy atom. The van der Waals surface area contributed by atoms with Gasteiger partial charge in [0.1, 0.15) is 17.8 Å². The third kappa shape index (κ3) is 4.30. The van der Waals surface area contributed by atoms with Crippen molar-refractivity contribution in [1.29, 1.82) is 0 Å². The second-order valence-corrected chi connectivity index (χ2v) is 6.39. The van der Waals surface area contributed by atoms with Crippen molar-refractivity contribution in [3.63, 3.8) is 0 Å². The molecule has 0 radical (unpaired) electrons. The minimum absolute atomic E-state index is 0.123. The van der Waals surface area contributed by atoms with Crippen molar-refractivity contribution in [2.45, 2.75) is 18.9 Å². The Kier molecular flexibility index (Phi) is 5.49. The van der Waals surface area contributed by atoms with Crippen molar-refractivity contribution in [2.24, 2.45) is 5.92 Å². The Bertz CT molecular complexity index is 895. The average molecular weight is 374 g/mol. The van der Waals surface area contributed by atoms with Gasteiger partial charge in [0.05, 0.1) is 12.6 Å². The number of aromatic nitrogens is 1. The maximum Gasteiger partial charge on any atom is 0.268 e. The molecule has 2 atom stereocenters. The molecule has 3 amide bonds. The molecule has 9 heteroatoms. The first-order valence-corrected chi connectivity index (χ1v) is 8.55. The highest BCUT2D eigenvalue weighted by molar-refractivity contribution is 5.99. The van der Waals surface area contributed by atoms with E-state index in [9.17, 15) is 23.6 Å². The SMILES string of the molecule is O=CC(CC1CCNC1=O)NC(=O)CNC(=O)c1cc2c(F)cccc2[nH]1. The van der Waals surface area contributed by atoms with Crippen molar-refractivity contribution < 1.29 is 23.6 Å².